The van der Waals surface area contributed by atoms with Gasteiger partial charge in [0.1, 0.15) is 5.82 Å². The smallest absolute Gasteiger partial charge is 0.368 e. The number of rotatable bonds is 7. The molecular formula is C27H25ClF4N2O2. The van der Waals surface area contributed by atoms with Crippen LogP contribution in [0.3, 0.4) is 0 Å². The predicted molar refractivity (Wildman–Crippen MR) is 129 cm³/mol. The molecule has 1 aliphatic rings. The summed E-state index contributed by atoms with van der Waals surface area (Å²) in [5, 5.41) is 0.588. The van der Waals surface area contributed by atoms with Crippen LogP contribution in [0.4, 0.5) is 17.6 Å². The molecule has 1 atom stereocenters. The van der Waals surface area contributed by atoms with Gasteiger partial charge in [-0.2, -0.15) is 13.2 Å². The highest BCUT2D eigenvalue weighted by Crippen LogP contribution is 2.30. The van der Waals surface area contributed by atoms with Gasteiger partial charge in [0.05, 0.1) is 18.3 Å². The summed E-state index contributed by atoms with van der Waals surface area (Å²) in [6.07, 6.45) is -4.74. The Kier molecular flexibility index (Phi) is 8.28. The number of alkyl halides is 3. The van der Waals surface area contributed by atoms with Crippen LogP contribution in [0, 0.1) is 5.82 Å². The monoisotopic (exact) mass is 520 g/mol. The molecule has 4 nitrogen and oxygen atoms in total. The van der Waals surface area contributed by atoms with Gasteiger partial charge >= 0.3 is 6.18 Å². The molecule has 1 saturated heterocycles. The van der Waals surface area contributed by atoms with E-state index < -0.39 is 17.6 Å². The fraction of sp³-hybridized carbons (Fsp3) is 0.296. The third-order valence-corrected chi connectivity index (χ3v) is 6.38. The number of amides is 1. The minimum Gasteiger partial charge on any atom is -0.368 e. The van der Waals surface area contributed by atoms with E-state index in [1.807, 2.05) is 12.1 Å². The van der Waals surface area contributed by atoms with Gasteiger partial charge in [0.15, 0.2) is 0 Å². The van der Waals surface area contributed by atoms with Crippen molar-refractivity contribution in [2.75, 3.05) is 32.7 Å². The number of ether oxygens (including phenoxy) is 1. The van der Waals surface area contributed by atoms with Crippen LogP contribution in [0.5, 0.6) is 0 Å². The van der Waals surface area contributed by atoms with E-state index in [0.717, 1.165) is 17.7 Å². The van der Waals surface area contributed by atoms with Crippen molar-refractivity contribution in [3.05, 3.63) is 106 Å². The molecule has 0 bridgehead atoms. The lowest BCUT2D eigenvalue weighted by Gasteiger charge is -2.36. The number of hydrogen-bond acceptors (Lipinski definition) is 3. The van der Waals surface area contributed by atoms with Gasteiger partial charge in [-0.3, -0.25) is 9.69 Å². The first-order valence-electron chi connectivity index (χ1n) is 11.5. The predicted octanol–water partition coefficient (Wildman–Crippen LogP) is 6.21. The zero-order valence-corrected chi connectivity index (χ0v) is 20.1. The molecule has 36 heavy (non-hydrogen) atoms. The van der Waals surface area contributed by atoms with Crippen LogP contribution in [-0.4, -0.2) is 48.4 Å². The lowest BCUT2D eigenvalue weighted by atomic mass is 10.1. The van der Waals surface area contributed by atoms with Crippen LogP contribution < -0.4 is 0 Å². The first kappa shape index (κ1) is 26.1. The molecule has 190 valence electrons. The second-order valence-electron chi connectivity index (χ2n) is 8.65. The van der Waals surface area contributed by atoms with Crippen molar-refractivity contribution >= 4 is 17.5 Å². The summed E-state index contributed by atoms with van der Waals surface area (Å²) in [7, 11) is 0. The summed E-state index contributed by atoms with van der Waals surface area (Å²) in [6.45, 7) is 2.86. The number of benzene rings is 3. The number of piperazine rings is 1. The highest BCUT2D eigenvalue weighted by Gasteiger charge is 2.30. The van der Waals surface area contributed by atoms with Crippen molar-refractivity contribution in [3.63, 3.8) is 0 Å². The van der Waals surface area contributed by atoms with Crippen molar-refractivity contribution in [2.24, 2.45) is 0 Å². The van der Waals surface area contributed by atoms with Crippen LogP contribution in [0.2, 0.25) is 5.02 Å². The zero-order valence-electron chi connectivity index (χ0n) is 19.3. The third kappa shape index (κ3) is 6.84. The van der Waals surface area contributed by atoms with Crippen molar-refractivity contribution in [2.45, 2.75) is 18.9 Å². The van der Waals surface area contributed by atoms with Crippen LogP contribution >= 0.6 is 11.6 Å². The molecule has 0 aromatic heterocycles. The van der Waals surface area contributed by atoms with E-state index in [4.69, 9.17) is 16.3 Å². The average Bonchev–Trinajstić information content (AvgIpc) is 2.87. The van der Waals surface area contributed by atoms with E-state index in [9.17, 15) is 22.4 Å². The Morgan fingerprint density at radius 1 is 0.944 bits per heavy atom. The van der Waals surface area contributed by atoms with Crippen molar-refractivity contribution in [3.8, 4) is 0 Å². The normalized spacial score (nSPS) is 15.6. The highest BCUT2D eigenvalue weighted by atomic mass is 35.5. The Morgan fingerprint density at radius 2 is 1.61 bits per heavy atom. The first-order valence-corrected chi connectivity index (χ1v) is 11.9. The molecule has 3 aromatic rings. The quantitative estimate of drug-likeness (QED) is 0.347. The molecule has 1 fully saturated rings. The van der Waals surface area contributed by atoms with Crippen LogP contribution in [-0.2, 0) is 17.5 Å². The second-order valence-corrected chi connectivity index (χ2v) is 9.09. The third-order valence-electron chi connectivity index (χ3n) is 6.13. The first-order chi connectivity index (χ1) is 17.2. The fourth-order valence-corrected chi connectivity index (χ4v) is 4.22. The standard InChI is InChI=1S/C27H25ClF4N2O2/c28-23-10-6-20(7-11-23)25(36-18-19-4-8-22(9-5-19)27(30,31)32)17-33-12-14-34(15-13-33)26(35)21-2-1-3-24(29)16-21/h1-11,16,25H,12-15,17-18H2/t25-/m0/s1. The van der Waals surface area contributed by atoms with Gasteiger partial charge in [-0.1, -0.05) is 41.9 Å². The number of carbonyl (C=O) groups is 1. The molecule has 4 rings (SSSR count). The van der Waals surface area contributed by atoms with Crippen LogP contribution in [0.1, 0.15) is 33.2 Å². The molecule has 0 N–H and O–H groups in total. The van der Waals surface area contributed by atoms with E-state index in [0.29, 0.717) is 48.9 Å². The second kappa shape index (κ2) is 11.4. The molecule has 3 aromatic carbocycles. The number of halogens is 5. The van der Waals surface area contributed by atoms with Crippen molar-refractivity contribution in [1.29, 1.82) is 0 Å². The minimum absolute atomic E-state index is 0.142. The Hall–Kier alpha value is -2.94. The Labute approximate surface area is 212 Å². The summed E-state index contributed by atoms with van der Waals surface area (Å²) >= 11 is 6.03. The van der Waals surface area contributed by atoms with Crippen LogP contribution in [0.25, 0.3) is 0 Å². The van der Waals surface area contributed by atoms with Gasteiger partial charge in [0.25, 0.3) is 5.91 Å². The molecule has 1 amide bonds. The number of hydrogen-bond donors (Lipinski definition) is 0. The Balaban J connectivity index is 1.38. The topological polar surface area (TPSA) is 32.8 Å². The molecule has 0 saturated carbocycles. The van der Waals surface area contributed by atoms with E-state index in [2.05, 4.69) is 4.90 Å². The van der Waals surface area contributed by atoms with E-state index in [1.54, 1.807) is 23.1 Å². The molecule has 9 heteroatoms. The summed E-state index contributed by atoms with van der Waals surface area (Å²) < 4.78 is 58.2. The molecule has 0 unspecified atom stereocenters. The van der Waals surface area contributed by atoms with Gasteiger partial charge in [0, 0.05) is 43.3 Å². The molecule has 1 heterocycles. The number of nitrogens with zero attached hydrogens (tertiary/aromatic N) is 2. The lowest BCUT2D eigenvalue weighted by molar-refractivity contribution is -0.137. The zero-order chi connectivity index (χ0) is 25.7. The number of carbonyl (C=O) groups excluding carboxylic acids is 1. The molecule has 0 spiro atoms. The minimum atomic E-state index is -4.39. The molecule has 1 aliphatic heterocycles. The van der Waals surface area contributed by atoms with E-state index in [-0.39, 0.29) is 18.6 Å². The average molecular weight is 521 g/mol. The largest absolute Gasteiger partial charge is 0.416 e. The highest BCUT2D eigenvalue weighted by molar-refractivity contribution is 6.30. The lowest BCUT2D eigenvalue weighted by Crippen LogP contribution is -2.49. The summed E-state index contributed by atoms with van der Waals surface area (Å²) in [6, 6.07) is 17.8. The van der Waals surface area contributed by atoms with Gasteiger partial charge in [-0.05, 0) is 53.6 Å². The van der Waals surface area contributed by atoms with Crippen molar-refractivity contribution in [1.82, 2.24) is 9.80 Å². The fourth-order valence-electron chi connectivity index (χ4n) is 4.09. The maximum atomic E-state index is 13.5. The Bertz CT molecular complexity index is 1160. The molecule has 0 radical (unpaired) electrons. The van der Waals surface area contributed by atoms with Gasteiger partial charge in [-0.25, -0.2) is 4.39 Å². The summed E-state index contributed by atoms with van der Waals surface area (Å²) in [5.74, 6) is -0.655. The molecule has 0 aliphatic carbocycles. The maximum Gasteiger partial charge on any atom is 0.416 e. The van der Waals surface area contributed by atoms with Gasteiger partial charge in [-0.15, -0.1) is 0 Å². The maximum absolute atomic E-state index is 13.5. The summed E-state index contributed by atoms with van der Waals surface area (Å²) in [5.41, 5.74) is 1.14. The van der Waals surface area contributed by atoms with Crippen LogP contribution in [0.15, 0.2) is 72.8 Å². The summed E-state index contributed by atoms with van der Waals surface area (Å²) in [4.78, 5) is 16.6. The van der Waals surface area contributed by atoms with E-state index in [1.165, 1.54) is 30.3 Å². The van der Waals surface area contributed by atoms with Gasteiger partial charge in [0.2, 0.25) is 0 Å². The van der Waals surface area contributed by atoms with Crippen molar-refractivity contribution < 1.29 is 27.1 Å². The van der Waals surface area contributed by atoms with E-state index >= 15 is 0 Å². The van der Waals surface area contributed by atoms with Gasteiger partial charge < -0.3 is 9.64 Å². The Morgan fingerprint density at radius 3 is 2.22 bits per heavy atom. The molecular weight excluding hydrogens is 496 g/mol. The SMILES string of the molecule is O=C(c1cccc(F)c1)N1CCN(C[C@H](OCc2ccc(C(F)(F)F)cc2)c2ccc(Cl)cc2)CC1.